The number of carbonyl (C=O) groups is 2. The SMILES string of the molecule is O=C(Nc1cccc(C(=O)NCc2cccnc2)c1)N[C@@H]1CCS(=O)(=O)C1. The number of pyridine rings is 1. The average Bonchev–Trinajstić information content (AvgIpc) is 2.99. The fourth-order valence-electron chi connectivity index (χ4n) is 2.79. The zero-order chi connectivity index (χ0) is 19.3. The third-order valence-corrected chi connectivity index (χ3v) is 5.89. The van der Waals surface area contributed by atoms with Crippen molar-refractivity contribution < 1.29 is 18.0 Å². The maximum Gasteiger partial charge on any atom is 0.319 e. The van der Waals surface area contributed by atoms with Gasteiger partial charge in [0.15, 0.2) is 9.84 Å². The highest BCUT2D eigenvalue weighted by Crippen LogP contribution is 2.13. The Balaban J connectivity index is 1.55. The van der Waals surface area contributed by atoms with E-state index in [2.05, 4.69) is 20.9 Å². The van der Waals surface area contributed by atoms with E-state index in [0.717, 1.165) is 5.56 Å². The van der Waals surface area contributed by atoms with Crippen molar-refractivity contribution in [1.82, 2.24) is 15.6 Å². The lowest BCUT2D eigenvalue weighted by Crippen LogP contribution is -2.38. The molecule has 0 spiro atoms. The Hall–Kier alpha value is -2.94. The quantitative estimate of drug-likeness (QED) is 0.714. The van der Waals surface area contributed by atoms with Gasteiger partial charge in [-0.15, -0.1) is 0 Å². The van der Waals surface area contributed by atoms with Crippen LogP contribution in [-0.4, -0.2) is 42.9 Å². The van der Waals surface area contributed by atoms with Crippen molar-refractivity contribution >= 4 is 27.5 Å². The number of urea groups is 1. The number of aromatic nitrogens is 1. The van der Waals surface area contributed by atoms with Crippen molar-refractivity contribution in [3.05, 3.63) is 59.9 Å². The van der Waals surface area contributed by atoms with Crippen molar-refractivity contribution in [1.29, 1.82) is 0 Å². The van der Waals surface area contributed by atoms with Gasteiger partial charge in [0.05, 0.1) is 11.5 Å². The zero-order valence-corrected chi connectivity index (χ0v) is 15.3. The van der Waals surface area contributed by atoms with E-state index in [-0.39, 0.29) is 23.5 Å². The molecule has 3 amide bonds. The summed E-state index contributed by atoms with van der Waals surface area (Å²) in [4.78, 5) is 28.3. The first kappa shape index (κ1) is 18.8. The van der Waals surface area contributed by atoms with Gasteiger partial charge in [-0.05, 0) is 36.2 Å². The highest BCUT2D eigenvalue weighted by molar-refractivity contribution is 7.91. The summed E-state index contributed by atoms with van der Waals surface area (Å²) >= 11 is 0. The van der Waals surface area contributed by atoms with Gasteiger partial charge < -0.3 is 16.0 Å². The second kappa shape index (κ2) is 8.17. The molecule has 0 bridgehead atoms. The number of hydrogen-bond acceptors (Lipinski definition) is 5. The number of sulfone groups is 1. The Kier molecular flexibility index (Phi) is 5.70. The maximum absolute atomic E-state index is 12.3. The normalized spacial score (nSPS) is 17.9. The molecule has 8 nitrogen and oxygen atoms in total. The molecule has 0 unspecified atom stereocenters. The van der Waals surface area contributed by atoms with Crippen molar-refractivity contribution in [2.45, 2.75) is 19.0 Å². The predicted molar refractivity (Wildman–Crippen MR) is 101 cm³/mol. The van der Waals surface area contributed by atoms with Gasteiger partial charge in [0.2, 0.25) is 0 Å². The standard InChI is InChI=1S/C18H20N4O4S/c23-17(20-11-13-3-2-7-19-10-13)14-4-1-5-15(9-14)21-18(24)22-16-6-8-27(25,26)12-16/h1-5,7,9-10,16H,6,8,11-12H2,(H,20,23)(H2,21,22,24)/t16-/m1/s1. The first-order chi connectivity index (χ1) is 12.9. The Morgan fingerprint density at radius 2 is 2.04 bits per heavy atom. The van der Waals surface area contributed by atoms with Crippen LogP contribution in [0.25, 0.3) is 0 Å². The van der Waals surface area contributed by atoms with Crippen molar-refractivity contribution in [2.24, 2.45) is 0 Å². The number of amides is 3. The van der Waals surface area contributed by atoms with E-state index in [1.807, 2.05) is 6.07 Å². The number of carbonyl (C=O) groups excluding carboxylic acids is 2. The largest absolute Gasteiger partial charge is 0.348 e. The number of nitrogens with zero attached hydrogens (tertiary/aromatic N) is 1. The fourth-order valence-corrected chi connectivity index (χ4v) is 4.46. The maximum atomic E-state index is 12.3. The molecule has 2 aromatic rings. The summed E-state index contributed by atoms with van der Waals surface area (Å²) in [6, 6.07) is 9.29. The summed E-state index contributed by atoms with van der Waals surface area (Å²) in [5.74, 6) is -0.230. The Labute approximate surface area is 157 Å². The monoisotopic (exact) mass is 388 g/mol. The lowest BCUT2D eigenvalue weighted by molar-refractivity contribution is 0.0951. The molecule has 1 aromatic heterocycles. The van der Waals surface area contributed by atoms with Crippen LogP contribution in [0, 0.1) is 0 Å². The number of anilines is 1. The van der Waals surface area contributed by atoms with Gasteiger partial charge in [0.1, 0.15) is 0 Å². The van der Waals surface area contributed by atoms with E-state index in [9.17, 15) is 18.0 Å². The molecule has 3 rings (SSSR count). The summed E-state index contributed by atoms with van der Waals surface area (Å²) in [5, 5.41) is 8.06. The third kappa shape index (κ3) is 5.52. The van der Waals surface area contributed by atoms with Gasteiger partial charge in [-0.1, -0.05) is 12.1 Å². The van der Waals surface area contributed by atoms with Crippen LogP contribution in [0.15, 0.2) is 48.8 Å². The minimum atomic E-state index is -3.06. The summed E-state index contributed by atoms with van der Waals surface area (Å²) in [6.45, 7) is 0.348. The van der Waals surface area contributed by atoms with Gasteiger partial charge in [0, 0.05) is 36.2 Å². The molecule has 1 aliphatic rings. The summed E-state index contributed by atoms with van der Waals surface area (Å²) in [7, 11) is -3.06. The number of hydrogen-bond donors (Lipinski definition) is 3. The van der Waals surface area contributed by atoms with Gasteiger partial charge in [-0.3, -0.25) is 9.78 Å². The first-order valence-corrected chi connectivity index (χ1v) is 10.3. The van der Waals surface area contributed by atoms with E-state index in [0.29, 0.717) is 24.2 Å². The molecule has 142 valence electrons. The average molecular weight is 388 g/mol. The topological polar surface area (TPSA) is 117 Å². The van der Waals surface area contributed by atoms with Crippen LogP contribution in [0.1, 0.15) is 22.3 Å². The molecule has 1 fully saturated rings. The third-order valence-electron chi connectivity index (χ3n) is 4.13. The number of nitrogens with one attached hydrogen (secondary N) is 3. The summed E-state index contributed by atoms with van der Waals surface area (Å²) in [5.41, 5.74) is 1.73. The van der Waals surface area contributed by atoms with Crippen LogP contribution in [-0.2, 0) is 16.4 Å². The van der Waals surface area contributed by atoms with Gasteiger partial charge >= 0.3 is 6.03 Å². The van der Waals surface area contributed by atoms with Crippen LogP contribution in [0.3, 0.4) is 0 Å². The van der Waals surface area contributed by atoms with E-state index in [1.165, 1.54) is 0 Å². The smallest absolute Gasteiger partial charge is 0.319 e. The minimum Gasteiger partial charge on any atom is -0.348 e. The number of rotatable bonds is 5. The molecule has 0 saturated carbocycles. The Bertz CT molecular complexity index is 931. The Morgan fingerprint density at radius 3 is 2.74 bits per heavy atom. The second-order valence-electron chi connectivity index (χ2n) is 6.32. The fraction of sp³-hybridized carbons (Fsp3) is 0.278. The van der Waals surface area contributed by atoms with E-state index >= 15 is 0 Å². The highest BCUT2D eigenvalue weighted by atomic mass is 32.2. The van der Waals surface area contributed by atoms with E-state index in [4.69, 9.17) is 0 Å². The van der Waals surface area contributed by atoms with Crippen LogP contribution < -0.4 is 16.0 Å². The molecule has 0 radical (unpaired) electrons. The van der Waals surface area contributed by atoms with Crippen LogP contribution in [0.5, 0.6) is 0 Å². The lowest BCUT2D eigenvalue weighted by Gasteiger charge is -2.12. The summed E-state index contributed by atoms with van der Waals surface area (Å²) in [6.07, 6.45) is 3.74. The van der Waals surface area contributed by atoms with Crippen molar-refractivity contribution in [3.8, 4) is 0 Å². The molecular weight excluding hydrogens is 368 g/mol. The van der Waals surface area contributed by atoms with Crippen LogP contribution in [0.2, 0.25) is 0 Å². The number of benzene rings is 1. The molecule has 1 aromatic carbocycles. The molecule has 1 saturated heterocycles. The van der Waals surface area contributed by atoms with E-state index in [1.54, 1.807) is 42.7 Å². The highest BCUT2D eigenvalue weighted by Gasteiger charge is 2.28. The second-order valence-corrected chi connectivity index (χ2v) is 8.55. The molecule has 3 N–H and O–H groups in total. The van der Waals surface area contributed by atoms with Gasteiger partial charge in [-0.2, -0.15) is 0 Å². The predicted octanol–water partition coefficient (Wildman–Crippen LogP) is 1.32. The molecule has 0 aliphatic carbocycles. The van der Waals surface area contributed by atoms with E-state index < -0.39 is 15.9 Å². The minimum absolute atomic E-state index is 0.0444. The molecule has 1 aliphatic heterocycles. The van der Waals surface area contributed by atoms with Crippen LogP contribution >= 0.6 is 0 Å². The first-order valence-electron chi connectivity index (χ1n) is 8.46. The molecule has 9 heteroatoms. The Morgan fingerprint density at radius 1 is 1.19 bits per heavy atom. The summed E-state index contributed by atoms with van der Waals surface area (Å²) < 4.78 is 22.9. The molecule has 27 heavy (non-hydrogen) atoms. The van der Waals surface area contributed by atoms with Crippen LogP contribution in [0.4, 0.5) is 10.5 Å². The van der Waals surface area contributed by atoms with Gasteiger partial charge in [-0.25, -0.2) is 13.2 Å². The zero-order valence-electron chi connectivity index (χ0n) is 14.5. The molecular formula is C18H20N4O4S. The van der Waals surface area contributed by atoms with Crippen molar-refractivity contribution in [3.63, 3.8) is 0 Å². The molecule has 1 atom stereocenters. The van der Waals surface area contributed by atoms with Crippen molar-refractivity contribution in [2.75, 3.05) is 16.8 Å². The van der Waals surface area contributed by atoms with Gasteiger partial charge in [0.25, 0.3) is 5.91 Å². The lowest BCUT2D eigenvalue weighted by atomic mass is 10.2. The molecule has 2 heterocycles.